The van der Waals surface area contributed by atoms with Gasteiger partial charge in [0.25, 0.3) is 43.2 Å². The van der Waals surface area contributed by atoms with Crippen LogP contribution in [0.2, 0.25) is 5.02 Å². The van der Waals surface area contributed by atoms with Gasteiger partial charge in [0.15, 0.2) is 0 Å². The summed E-state index contributed by atoms with van der Waals surface area (Å²) in [6.07, 6.45) is 0. The lowest BCUT2D eigenvalue weighted by Crippen LogP contribution is -2.38. The Kier molecular flexibility index (Phi) is 9.56. The molecule has 0 saturated carbocycles. The maximum absolute atomic E-state index is 14.0. The van der Waals surface area contributed by atoms with E-state index >= 15 is 0 Å². The van der Waals surface area contributed by atoms with Gasteiger partial charge in [-0.15, -0.1) is 0 Å². The first-order chi connectivity index (χ1) is 23.2. The molecule has 49 heavy (non-hydrogen) atoms. The minimum atomic E-state index is -4.92. The molecular formula is C32H21ClN4O10S2. The van der Waals surface area contributed by atoms with Crippen LogP contribution in [0.4, 0.5) is 22.7 Å². The Morgan fingerprint density at radius 2 is 0.980 bits per heavy atom. The summed E-state index contributed by atoms with van der Waals surface area (Å²) >= 11 is 6.60. The molecule has 5 aromatic rings. The number of carbonyl (C=O) groups is 2. The molecule has 248 valence electrons. The monoisotopic (exact) mass is 720 g/mol. The molecule has 0 saturated heterocycles. The number of rotatable bonds is 10. The summed E-state index contributed by atoms with van der Waals surface area (Å²) in [4.78, 5) is 47.6. The Morgan fingerprint density at radius 3 is 1.41 bits per heavy atom. The molecule has 14 nitrogen and oxygen atoms in total. The highest BCUT2D eigenvalue weighted by Crippen LogP contribution is 2.37. The summed E-state index contributed by atoms with van der Waals surface area (Å²) in [5.41, 5.74) is -2.23. The van der Waals surface area contributed by atoms with Crippen molar-refractivity contribution in [3.8, 4) is 0 Å². The van der Waals surface area contributed by atoms with Crippen LogP contribution >= 0.6 is 11.6 Å². The van der Waals surface area contributed by atoms with Gasteiger partial charge in [-0.1, -0.05) is 60.1 Å². The van der Waals surface area contributed by atoms with E-state index in [4.69, 9.17) is 11.6 Å². The Balaban J connectivity index is 1.70. The number of nitro groups is 2. The fourth-order valence-electron chi connectivity index (χ4n) is 4.62. The molecule has 0 aromatic heterocycles. The van der Waals surface area contributed by atoms with Crippen LogP contribution in [0.15, 0.2) is 137 Å². The third-order valence-electron chi connectivity index (χ3n) is 6.93. The van der Waals surface area contributed by atoms with Crippen molar-refractivity contribution in [2.45, 2.75) is 9.79 Å². The first-order valence-corrected chi connectivity index (χ1v) is 17.1. The molecule has 17 heteroatoms. The third kappa shape index (κ3) is 6.87. The summed E-state index contributed by atoms with van der Waals surface area (Å²) in [6.45, 7) is 0. The minimum Gasteiger partial charge on any atom is -0.268 e. The zero-order valence-electron chi connectivity index (χ0n) is 24.7. The smallest absolute Gasteiger partial charge is 0.268 e. The lowest BCUT2D eigenvalue weighted by atomic mass is 10.2. The van der Waals surface area contributed by atoms with Gasteiger partial charge in [-0.3, -0.25) is 29.8 Å². The summed E-state index contributed by atoms with van der Waals surface area (Å²) < 4.78 is 56.7. The van der Waals surface area contributed by atoms with Crippen molar-refractivity contribution in [2.75, 3.05) is 8.61 Å². The largest absolute Gasteiger partial charge is 0.272 e. The van der Waals surface area contributed by atoms with Gasteiger partial charge in [0.05, 0.1) is 36.0 Å². The fraction of sp³-hybridized carbons (Fsp3) is 0. The number of non-ortho nitro benzene ring substituents is 2. The van der Waals surface area contributed by atoms with Crippen LogP contribution in [0.25, 0.3) is 0 Å². The molecule has 0 fully saturated rings. The normalized spacial score (nSPS) is 11.4. The summed E-state index contributed by atoms with van der Waals surface area (Å²) in [5, 5.41) is 22.3. The molecular weight excluding hydrogens is 700 g/mol. The van der Waals surface area contributed by atoms with E-state index in [1.807, 2.05) is 0 Å². The minimum absolute atomic E-state index is 0.0918. The number of amides is 2. The van der Waals surface area contributed by atoms with Gasteiger partial charge in [-0.05, 0) is 54.6 Å². The van der Waals surface area contributed by atoms with Crippen LogP contribution in [-0.2, 0) is 20.0 Å². The molecule has 0 unspecified atom stereocenters. The number of halogens is 1. The first-order valence-electron chi connectivity index (χ1n) is 13.8. The van der Waals surface area contributed by atoms with Crippen molar-refractivity contribution in [1.82, 2.24) is 0 Å². The lowest BCUT2D eigenvalue weighted by Gasteiger charge is -2.26. The SMILES string of the molecule is O=C(c1ccccc1)N(c1ccc(N(C(=O)c2ccccc2)S(=O)(=O)c2cccc([N+](=O)[O-])c2)c(Cl)c1)S(=O)(=O)c1cccc([N+](=O)[O-])c1. The van der Waals surface area contributed by atoms with Crippen LogP contribution in [0.1, 0.15) is 20.7 Å². The van der Waals surface area contributed by atoms with Crippen LogP contribution in [0.5, 0.6) is 0 Å². The van der Waals surface area contributed by atoms with Crippen molar-refractivity contribution in [3.63, 3.8) is 0 Å². The summed E-state index contributed by atoms with van der Waals surface area (Å²) in [6, 6.07) is 25.3. The molecule has 0 bridgehead atoms. The van der Waals surface area contributed by atoms with Gasteiger partial charge < -0.3 is 0 Å². The highest BCUT2D eigenvalue weighted by atomic mass is 35.5. The van der Waals surface area contributed by atoms with Crippen molar-refractivity contribution in [2.24, 2.45) is 0 Å². The van der Waals surface area contributed by atoms with E-state index in [0.29, 0.717) is 8.61 Å². The van der Waals surface area contributed by atoms with E-state index in [2.05, 4.69) is 0 Å². The van der Waals surface area contributed by atoms with E-state index in [0.717, 1.165) is 66.7 Å². The quantitative estimate of drug-likeness (QED) is 0.118. The number of benzene rings is 5. The molecule has 5 aromatic carbocycles. The van der Waals surface area contributed by atoms with Crippen LogP contribution in [0.3, 0.4) is 0 Å². The Hall–Kier alpha value is -5.97. The molecule has 0 N–H and O–H groups in total. The van der Waals surface area contributed by atoms with E-state index in [-0.39, 0.29) is 11.1 Å². The standard InChI is InChI=1S/C32H21ClN4O10S2/c33-29-21-24(34(31(38)22-9-3-1-4-10-22)48(44,45)27-15-7-13-25(19-27)36(40)41)17-18-30(29)35(32(39)23-11-5-2-6-12-23)49(46,47)28-16-8-14-26(20-28)37(42)43/h1-21H. The number of carbonyl (C=O) groups excluding carboxylic acids is 2. The van der Waals surface area contributed by atoms with E-state index in [9.17, 15) is 46.7 Å². The van der Waals surface area contributed by atoms with Crippen molar-refractivity contribution >= 4 is 66.2 Å². The Morgan fingerprint density at radius 1 is 0.551 bits per heavy atom. The topological polar surface area (TPSA) is 195 Å². The summed E-state index contributed by atoms with van der Waals surface area (Å²) in [5.74, 6) is -2.19. The van der Waals surface area contributed by atoms with Gasteiger partial charge in [-0.25, -0.2) is 16.8 Å². The van der Waals surface area contributed by atoms with E-state index in [1.165, 1.54) is 48.5 Å². The average molecular weight is 721 g/mol. The van der Waals surface area contributed by atoms with Crippen molar-refractivity contribution in [1.29, 1.82) is 0 Å². The Labute approximate surface area is 283 Å². The van der Waals surface area contributed by atoms with Gasteiger partial charge in [0.2, 0.25) is 0 Å². The molecule has 0 radical (unpaired) electrons. The highest BCUT2D eigenvalue weighted by Gasteiger charge is 2.37. The predicted molar refractivity (Wildman–Crippen MR) is 179 cm³/mol. The van der Waals surface area contributed by atoms with Gasteiger partial charge in [-0.2, -0.15) is 8.61 Å². The molecule has 2 amide bonds. The molecule has 5 rings (SSSR count). The van der Waals surface area contributed by atoms with Gasteiger partial charge in [0, 0.05) is 35.4 Å². The van der Waals surface area contributed by atoms with Gasteiger partial charge in [0.1, 0.15) is 0 Å². The number of hydrogen-bond acceptors (Lipinski definition) is 10. The molecule has 0 heterocycles. The molecule has 0 aliphatic rings. The third-order valence-corrected chi connectivity index (χ3v) is 10.6. The maximum atomic E-state index is 14.0. The number of nitrogens with zero attached hydrogens (tertiary/aromatic N) is 4. The maximum Gasteiger partial charge on any atom is 0.272 e. The number of anilines is 2. The van der Waals surface area contributed by atoms with Crippen LogP contribution in [0, 0.1) is 20.2 Å². The lowest BCUT2D eigenvalue weighted by molar-refractivity contribution is -0.385. The zero-order chi connectivity index (χ0) is 35.5. The highest BCUT2D eigenvalue weighted by molar-refractivity contribution is 7.94. The first kappa shape index (κ1) is 34.4. The number of nitro benzene ring substituents is 2. The number of sulfonamides is 2. The number of hydrogen-bond donors (Lipinski definition) is 0. The Bertz CT molecular complexity index is 2340. The van der Waals surface area contributed by atoms with E-state index < -0.39 is 79.3 Å². The molecule has 0 spiro atoms. The fourth-order valence-corrected chi connectivity index (χ4v) is 7.85. The van der Waals surface area contributed by atoms with Crippen molar-refractivity contribution < 1.29 is 36.3 Å². The molecule has 0 aliphatic carbocycles. The summed E-state index contributed by atoms with van der Waals surface area (Å²) in [7, 11) is -9.82. The predicted octanol–water partition coefficient (Wildman–Crippen LogP) is 6.23. The van der Waals surface area contributed by atoms with Crippen LogP contribution < -0.4 is 8.61 Å². The van der Waals surface area contributed by atoms with Gasteiger partial charge >= 0.3 is 0 Å². The van der Waals surface area contributed by atoms with E-state index in [1.54, 1.807) is 12.1 Å². The second kappa shape index (κ2) is 13.6. The van der Waals surface area contributed by atoms with Crippen LogP contribution in [-0.4, -0.2) is 38.5 Å². The second-order valence-corrected chi connectivity index (χ2v) is 14.0. The zero-order valence-corrected chi connectivity index (χ0v) is 27.1. The van der Waals surface area contributed by atoms with Crippen molar-refractivity contribution in [3.05, 3.63) is 164 Å². The average Bonchev–Trinajstić information content (AvgIpc) is 3.10. The molecule has 0 aliphatic heterocycles. The molecule has 0 atom stereocenters. The second-order valence-electron chi connectivity index (χ2n) is 10.0.